The molecule has 0 spiro atoms. The molecule has 0 aliphatic heterocycles. The Kier molecular flexibility index (Phi) is 3.52. The minimum absolute atomic E-state index is 0.796. The molecule has 1 rings (SSSR count). The normalized spacial score (nSPS) is 27.5. The van der Waals surface area contributed by atoms with Crippen LogP contribution in [-0.4, -0.2) is 6.54 Å². The van der Waals surface area contributed by atoms with Crippen LogP contribution < -0.4 is 5.73 Å². The number of allylic oxidation sites excluding steroid dienone is 2. The Labute approximate surface area is 63.3 Å². The minimum atomic E-state index is 0.796. The molecule has 0 bridgehead atoms. The van der Waals surface area contributed by atoms with Crippen molar-refractivity contribution >= 4 is 0 Å². The zero-order valence-corrected chi connectivity index (χ0v) is 6.55. The van der Waals surface area contributed by atoms with E-state index in [-0.39, 0.29) is 0 Å². The van der Waals surface area contributed by atoms with Crippen LogP contribution in [0.15, 0.2) is 12.2 Å². The number of rotatable bonds is 1. The molecule has 0 heterocycles. The SMILES string of the molecule is NCC1CCC=CCCC1. The summed E-state index contributed by atoms with van der Waals surface area (Å²) in [6, 6.07) is 0. The maximum absolute atomic E-state index is 5.60. The monoisotopic (exact) mass is 139 g/mol. The standard InChI is InChI=1S/C9H17N/c10-8-9-6-4-2-1-3-5-7-9/h1-2,9H,3-8,10H2. The highest BCUT2D eigenvalue weighted by Crippen LogP contribution is 2.16. The highest BCUT2D eigenvalue weighted by atomic mass is 14.5. The molecule has 1 atom stereocenters. The van der Waals surface area contributed by atoms with Gasteiger partial charge in [0.15, 0.2) is 0 Å². The molecule has 0 saturated carbocycles. The van der Waals surface area contributed by atoms with Gasteiger partial charge in [-0.3, -0.25) is 0 Å². The molecule has 0 saturated heterocycles. The van der Waals surface area contributed by atoms with Gasteiger partial charge in [0.2, 0.25) is 0 Å². The van der Waals surface area contributed by atoms with E-state index in [1.54, 1.807) is 0 Å². The van der Waals surface area contributed by atoms with Crippen molar-refractivity contribution in [1.29, 1.82) is 0 Å². The Balaban J connectivity index is 2.27. The van der Waals surface area contributed by atoms with Gasteiger partial charge < -0.3 is 5.73 Å². The quantitative estimate of drug-likeness (QED) is 0.553. The highest BCUT2D eigenvalue weighted by Gasteiger charge is 2.05. The van der Waals surface area contributed by atoms with Crippen molar-refractivity contribution in [2.45, 2.75) is 32.1 Å². The van der Waals surface area contributed by atoms with E-state index in [9.17, 15) is 0 Å². The second-order valence-electron chi connectivity index (χ2n) is 3.08. The Morgan fingerprint density at radius 3 is 2.80 bits per heavy atom. The Bertz CT molecular complexity index is 107. The van der Waals surface area contributed by atoms with Crippen molar-refractivity contribution in [2.24, 2.45) is 11.7 Å². The maximum Gasteiger partial charge on any atom is -0.00488 e. The predicted octanol–water partition coefficient (Wildman–Crippen LogP) is 2.08. The van der Waals surface area contributed by atoms with Gasteiger partial charge in [0.1, 0.15) is 0 Å². The van der Waals surface area contributed by atoms with Gasteiger partial charge in [0.05, 0.1) is 0 Å². The first-order valence-electron chi connectivity index (χ1n) is 4.28. The number of hydrogen-bond acceptors (Lipinski definition) is 1. The molecule has 0 fully saturated rings. The van der Waals surface area contributed by atoms with Crippen LogP contribution in [0.1, 0.15) is 32.1 Å². The van der Waals surface area contributed by atoms with Gasteiger partial charge in [0, 0.05) is 0 Å². The lowest BCUT2D eigenvalue weighted by Crippen LogP contribution is -2.14. The molecule has 10 heavy (non-hydrogen) atoms. The summed E-state index contributed by atoms with van der Waals surface area (Å²) in [6.07, 6.45) is 11.1. The van der Waals surface area contributed by atoms with Gasteiger partial charge in [-0.15, -0.1) is 0 Å². The van der Waals surface area contributed by atoms with Crippen LogP contribution in [0.3, 0.4) is 0 Å². The second kappa shape index (κ2) is 4.51. The summed E-state index contributed by atoms with van der Waals surface area (Å²) in [7, 11) is 0. The van der Waals surface area contributed by atoms with E-state index in [4.69, 9.17) is 5.73 Å². The third-order valence-corrected chi connectivity index (χ3v) is 2.22. The average molecular weight is 139 g/mol. The molecule has 1 unspecified atom stereocenters. The van der Waals surface area contributed by atoms with Crippen LogP contribution in [0.5, 0.6) is 0 Å². The van der Waals surface area contributed by atoms with Gasteiger partial charge in [0.25, 0.3) is 0 Å². The largest absolute Gasteiger partial charge is 0.330 e. The topological polar surface area (TPSA) is 26.0 Å². The molecule has 0 aromatic carbocycles. The van der Waals surface area contributed by atoms with Crippen molar-refractivity contribution in [3.05, 3.63) is 12.2 Å². The first-order chi connectivity index (χ1) is 4.93. The van der Waals surface area contributed by atoms with Crippen molar-refractivity contribution in [2.75, 3.05) is 6.54 Å². The van der Waals surface area contributed by atoms with Crippen LogP contribution in [0, 0.1) is 5.92 Å². The maximum atomic E-state index is 5.60. The summed E-state index contributed by atoms with van der Waals surface area (Å²) in [5.41, 5.74) is 5.60. The summed E-state index contributed by atoms with van der Waals surface area (Å²) in [4.78, 5) is 0. The van der Waals surface area contributed by atoms with Crippen LogP contribution in [0.4, 0.5) is 0 Å². The van der Waals surface area contributed by atoms with Gasteiger partial charge in [-0.25, -0.2) is 0 Å². The Hall–Kier alpha value is -0.300. The Morgan fingerprint density at radius 2 is 2.00 bits per heavy atom. The molecule has 2 N–H and O–H groups in total. The number of nitrogens with two attached hydrogens (primary N) is 1. The van der Waals surface area contributed by atoms with Crippen molar-refractivity contribution in [3.63, 3.8) is 0 Å². The van der Waals surface area contributed by atoms with Crippen molar-refractivity contribution in [3.8, 4) is 0 Å². The van der Waals surface area contributed by atoms with Crippen LogP contribution >= 0.6 is 0 Å². The molecule has 58 valence electrons. The fraction of sp³-hybridized carbons (Fsp3) is 0.778. The van der Waals surface area contributed by atoms with Gasteiger partial charge >= 0.3 is 0 Å². The van der Waals surface area contributed by atoms with Crippen molar-refractivity contribution in [1.82, 2.24) is 0 Å². The molecular formula is C9H17N. The van der Waals surface area contributed by atoms with Crippen LogP contribution in [-0.2, 0) is 0 Å². The molecule has 1 heteroatoms. The molecule has 1 nitrogen and oxygen atoms in total. The molecule has 1 aliphatic carbocycles. The summed E-state index contributed by atoms with van der Waals surface area (Å²) in [5, 5.41) is 0. The smallest absolute Gasteiger partial charge is 0.00488 e. The second-order valence-corrected chi connectivity index (χ2v) is 3.08. The average Bonchev–Trinajstić information content (AvgIpc) is 1.87. The lowest BCUT2D eigenvalue weighted by molar-refractivity contribution is 0.445. The molecule has 0 aromatic heterocycles. The van der Waals surface area contributed by atoms with Crippen LogP contribution in [0.2, 0.25) is 0 Å². The van der Waals surface area contributed by atoms with E-state index in [1.165, 1.54) is 32.1 Å². The first-order valence-corrected chi connectivity index (χ1v) is 4.28. The summed E-state index contributed by atoms with van der Waals surface area (Å²) < 4.78 is 0. The predicted molar refractivity (Wildman–Crippen MR) is 44.8 cm³/mol. The fourth-order valence-corrected chi connectivity index (χ4v) is 1.47. The van der Waals surface area contributed by atoms with E-state index < -0.39 is 0 Å². The number of hydrogen-bond donors (Lipinski definition) is 1. The Morgan fingerprint density at radius 1 is 1.20 bits per heavy atom. The zero-order valence-electron chi connectivity index (χ0n) is 6.55. The molecule has 0 amide bonds. The molecule has 0 aromatic rings. The highest BCUT2D eigenvalue weighted by molar-refractivity contribution is 4.84. The van der Waals surface area contributed by atoms with E-state index >= 15 is 0 Å². The molecule has 0 radical (unpaired) electrons. The third kappa shape index (κ3) is 2.53. The summed E-state index contributed by atoms with van der Waals surface area (Å²) in [5.74, 6) is 0.796. The van der Waals surface area contributed by atoms with Gasteiger partial charge in [-0.2, -0.15) is 0 Å². The van der Waals surface area contributed by atoms with E-state index in [0.717, 1.165) is 12.5 Å². The summed E-state index contributed by atoms with van der Waals surface area (Å²) >= 11 is 0. The molecular weight excluding hydrogens is 122 g/mol. The van der Waals surface area contributed by atoms with Crippen LogP contribution in [0.25, 0.3) is 0 Å². The lowest BCUT2D eigenvalue weighted by Gasteiger charge is -2.14. The molecule has 1 aliphatic rings. The fourth-order valence-electron chi connectivity index (χ4n) is 1.47. The van der Waals surface area contributed by atoms with Gasteiger partial charge in [-0.05, 0) is 44.6 Å². The zero-order chi connectivity index (χ0) is 7.23. The van der Waals surface area contributed by atoms with Crippen molar-refractivity contribution < 1.29 is 0 Å². The first kappa shape index (κ1) is 7.80. The van der Waals surface area contributed by atoms with E-state index in [1.807, 2.05) is 0 Å². The van der Waals surface area contributed by atoms with E-state index in [2.05, 4.69) is 12.2 Å². The van der Waals surface area contributed by atoms with E-state index in [0.29, 0.717) is 0 Å². The lowest BCUT2D eigenvalue weighted by atomic mass is 9.94. The van der Waals surface area contributed by atoms with Gasteiger partial charge in [-0.1, -0.05) is 12.2 Å². The summed E-state index contributed by atoms with van der Waals surface area (Å²) in [6.45, 7) is 0.883. The minimum Gasteiger partial charge on any atom is -0.330 e. The third-order valence-electron chi connectivity index (χ3n) is 2.22.